The van der Waals surface area contributed by atoms with Crippen molar-refractivity contribution in [2.24, 2.45) is 0 Å². The molecule has 0 saturated heterocycles. The first-order valence-corrected chi connectivity index (χ1v) is 5.41. The van der Waals surface area contributed by atoms with Crippen LogP contribution in [-0.2, 0) is 6.18 Å². The summed E-state index contributed by atoms with van der Waals surface area (Å²) >= 11 is 0. The molecule has 1 aromatic heterocycles. The third-order valence-electron chi connectivity index (χ3n) is 2.37. The van der Waals surface area contributed by atoms with Crippen LogP contribution in [0.25, 0.3) is 0 Å². The fraction of sp³-hybridized carbons (Fsp3) is 0.0769. The number of aromatic nitrogens is 1. The lowest BCUT2D eigenvalue weighted by Crippen LogP contribution is -2.04. The zero-order valence-electron chi connectivity index (χ0n) is 9.98. The normalized spacial score (nSPS) is 10.9. The van der Waals surface area contributed by atoms with E-state index < -0.39 is 11.7 Å². The van der Waals surface area contributed by atoms with Gasteiger partial charge >= 0.3 is 6.18 Å². The van der Waals surface area contributed by atoms with Crippen molar-refractivity contribution >= 4 is 5.69 Å². The maximum Gasteiger partial charge on any atom is 0.416 e. The lowest BCUT2D eigenvalue weighted by Gasteiger charge is -2.10. The Hall–Kier alpha value is -2.75. The molecule has 0 aliphatic rings. The van der Waals surface area contributed by atoms with Crippen LogP contribution in [0.5, 0.6) is 11.6 Å². The van der Waals surface area contributed by atoms with Crippen molar-refractivity contribution in [3.8, 4) is 17.7 Å². The first-order chi connectivity index (χ1) is 9.40. The number of nitriles is 1. The van der Waals surface area contributed by atoms with E-state index in [1.807, 2.05) is 6.07 Å². The molecule has 0 aliphatic heterocycles. The van der Waals surface area contributed by atoms with Crippen molar-refractivity contribution in [2.45, 2.75) is 6.18 Å². The van der Waals surface area contributed by atoms with E-state index in [4.69, 9.17) is 15.7 Å². The molecule has 0 saturated carbocycles. The Bertz CT molecular complexity index is 677. The van der Waals surface area contributed by atoms with Crippen LogP contribution in [0.4, 0.5) is 18.9 Å². The molecule has 0 unspecified atom stereocenters. The van der Waals surface area contributed by atoms with E-state index in [1.54, 1.807) is 0 Å². The number of rotatable bonds is 2. The van der Waals surface area contributed by atoms with Gasteiger partial charge in [0.05, 0.1) is 17.4 Å². The molecule has 0 bridgehead atoms. The van der Waals surface area contributed by atoms with E-state index in [2.05, 4.69) is 4.98 Å². The fourth-order valence-electron chi connectivity index (χ4n) is 1.48. The first-order valence-electron chi connectivity index (χ1n) is 5.41. The average molecular weight is 279 g/mol. The predicted molar refractivity (Wildman–Crippen MR) is 64.9 cm³/mol. The monoisotopic (exact) mass is 279 g/mol. The molecule has 0 spiro atoms. The summed E-state index contributed by atoms with van der Waals surface area (Å²) in [5.74, 6) is -0.158. The standard InChI is InChI=1S/C13H8F3N3O/c14-13(15,16)9-2-1-3-11(5-9)20-12-8(6-17)4-10(18)7-19-12/h1-5,7H,18H2. The predicted octanol–water partition coefficient (Wildman–Crippen LogP) is 3.35. The van der Waals surface area contributed by atoms with Crippen molar-refractivity contribution in [2.75, 3.05) is 5.73 Å². The molecule has 4 nitrogen and oxygen atoms in total. The van der Waals surface area contributed by atoms with Crippen LogP contribution in [-0.4, -0.2) is 4.98 Å². The van der Waals surface area contributed by atoms with Crippen LogP contribution in [0, 0.1) is 11.3 Å². The van der Waals surface area contributed by atoms with Gasteiger partial charge in [0.25, 0.3) is 0 Å². The Labute approximate surface area is 112 Å². The molecule has 0 amide bonds. The molecule has 20 heavy (non-hydrogen) atoms. The van der Waals surface area contributed by atoms with Gasteiger partial charge in [-0.3, -0.25) is 0 Å². The average Bonchev–Trinajstić information content (AvgIpc) is 2.40. The third kappa shape index (κ3) is 2.98. The molecule has 0 radical (unpaired) electrons. The minimum absolute atomic E-state index is 0.0439. The topological polar surface area (TPSA) is 71.9 Å². The van der Waals surface area contributed by atoms with Gasteiger partial charge in [-0.25, -0.2) is 4.98 Å². The Kier molecular flexibility index (Phi) is 3.48. The largest absolute Gasteiger partial charge is 0.438 e. The van der Waals surface area contributed by atoms with Crippen LogP contribution >= 0.6 is 0 Å². The number of pyridine rings is 1. The van der Waals surface area contributed by atoms with Crippen LogP contribution in [0.2, 0.25) is 0 Å². The second kappa shape index (κ2) is 5.09. The number of nitrogens with zero attached hydrogens (tertiary/aromatic N) is 2. The Morgan fingerprint density at radius 2 is 2.00 bits per heavy atom. The third-order valence-corrected chi connectivity index (χ3v) is 2.37. The minimum atomic E-state index is -4.47. The van der Waals surface area contributed by atoms with Crippen LogP contribution in [0.15, 0.2) is 36.5 Å². The second-order valence-corrected chi connectivity index (χ2v) is 3.86. The van der Waals surface area contributed by atoms with Crippen LogP contribution in [0.3, 0.4) is 0 Å². The first kappa shape index (κ1) is 13.7. The van der Waals surface area contributed by atoms with Gasteiger partial charge in [-0.15, -0.1) is 0 Å². The molecule has 2 rings (SSSR count). The smallest absolute Gasteiger partial charge is 0.416 e. The van der Waals surface area contributed by atoms with Crippen LogP contribution < -0.4 is 10.5 Å². The maximum absolute atomic E-state index is 12.6. The van der Waals surface area contributed by atoms with E-state index in [9.17, 15) is 13.2 Å². The molecular weight excluding hydrogens is 271 g/mol. The van der Waals surface area contributed by atoms with Crippen molar-refractivity contribution in [3.63, 3.8) is 0 Å². The summed E-state index contributed by atoms with van der Waals surface area (Å²) in [6, 6.07) is 7.45. The minimum Gasteiger partial charge on any atom is -0.438 e. The lowest BCUT2D eigenvalue weighted by atomic mass is 10.2. The number of halogens is 3. The highest BCUT2D eigenvalue weighted by molar-refractivity contribution is 5.49. The fourth-order valence-corrected chi connectivity index (χ4v) is 1.48. The van der Waals surface area contributed by atoms with Gasteiger partial charge in [-0.05, 0) is 24.3 Å². The van der Waals surface area contributed by atoms with Crippen molar-refractivity contribution in [1.82, 2.24) is 4.98 Å². The Balaban J connectivity index is 2.34. The summed E-state index contributed by atoms with van der Waals surface area (Å²) in [5.41, 5.74) is 4.92. The van der Waals surface area contributed by atoms with Gasteiger partial charge in [0.1, 0.15) is 17.4 Å². The summed E-state index contributed by atoms with van der Waals surface area (Å²) in [5, 5.41) is 8.90. The maximum atomic E-state index is 12.6. The molecule has 2 aromatic rings. The summed E-state index contributed by atoms with van der Waals surface area (Å²) in [7, 11) is 0. The molecule has 102 valence electrons. The van der Waals surface area contributed by atoms with Gasteiger partial charge in [-0.2, -0.15) is 18.4 Å². The zero-order valence-corrected chi connectivity index (χ0v) is 9.98. The molecule has 0 aliphatic carbocycles. The summed E-state index contributed by atoms with van der Waals surface area (Å²) in [6.45, 7) is 0. The number of hydrogen-bond acceptors (Lipinski definition) is 4. The van der Waals surface area contributed by atoms with E-state index in [-0.39, 0.29) is 22.9 Å². The van der Waals surface area contributed by atoms with Crippen molar-refractivity contribution in [3.05, 3.63) is 47.7 Å². The number of nitrogens with two attached hydrogens (primary N) is 1. The molecule has 7 heteroatoms. The number of alkyl halides is 3. The quantitative estimate of drug-likeness (QED) is 0.915. The lowest BCUT2D eigenvalue weighted by molar-refractivity contribution is -0.137. The number of ether oxygens (including phenoxy) is 1. The van der Waals surface area contributed by atoms with Gasteiger partial charge in [0, 0.05) is 0 Å². The number of hydrogen-bond donors (Lipinski definition) is 1. The highest BCUT2D eigenvalue weighted by atomic mass is 19.4. The molecular formula is C13H8F3N3O. The Morgan fingerprint density at radius 3 is 2.65 bits per heavy atom. The SMILES string of the molecule is N#Cc1cc(N)cnc1Oc1cccc(C(F)(F)F)c1. The highest BCUT2D eigenvalue weighted by Crippen LogP contribution is 2.33. The number of benzene rings is 1. The van der Waals surface area contributed by atoms with E-state index >= 15 is 0 Å². The van der Waals surface area contributed by atoms with E-state index in [0.29, 0.717) is 0 Å². The van der Waals surface area contributed by atoms with Gasteiger partial charge in [0.15, 0.2) is 0 Å². The van der Waals surface area contributed by atoms with Crippen molar-refractivity contribution in [1.29, 1.82) is 5.26 Å². The Morgan fingerprint density at radius 1 is 1.25 bits per heavy atom. The number of anilines is 1. The van der Waals surface area contributed by atoms with Gasteiger partial charge < -0.3 is 10.5 Å². The number of nitrogen functional groups attached to an aromatic ring is 1. The van der Waals surface area contributed by atoms with Gasteiger partial charge in [0.2, 0.25) is 5.88 Å². The van der Waals surface area contributed by atoms with Crippen LogP contribution in [0.1, 0.15) is 11.1 Å². The second-order valence-electron chi connectivity index (χ2n) is 3.86. The molecule has 0 atom stereocenters. The summed E-state index contributed by atoms with van der Waals surface area (Å²) in [4.78, 5) is 3.79. The highest BCUT2D eigenvalue weighted by Gasteiger charge is 2.30. The molecule has 2 N–H and O–H groups in total. The summed E-state index contributed by atoms with van der Waals surface area (Å²) < 4.78 is 42.9. The van der Waals surface area contributed by atoms with Gasteiger partial charge in [-0.1, -0.05) is 6.07 Å². The zero-order chi connectivity index (χ0) is 14.8. The van der Waals surface area contributed by atoms with Crippen molar-refractivity contribution < 1.29 is 17.9 Å². The molecule has 0 fully saturated rings. The molecule has 1 aromatic carbocycles. The summed E-state index contributed by atoms with van der Waals surface area (Å²) in [6.07, 6.45) is -3.21. The van der Waals surface area contributed by atoms with E-state index in [1.165, 1.54) is 24.4 Å². The molecule has 1 heterocycles. The van der Waals surface area contributed by atoms with E-state index in [0.717, 1.165) is 12.1 Å².